The van der Waals surface area contributed by atoms with E-state index in [2.05, 4.69) is 16.0 Å². The van der Waals surface area contributed by atoms with E-state index in [9.17, 15) is 9.18 Å². The molecule has 0 atom stereocenters. The fraction of sp³-hybridized carbons (Fsp3) is 0. The Bertz CT molecular complexity index is 820. The largest absolute Gasteiger partial charge is 0.353 e. The molecule has 3 aromatic carbocycles. The van der Waals surface area contributed by atoms with Crippen LogP contribution in [0.25, 0.3) is 0 Å². The van der Waals surface area contributed by atoms with Gasteiger partial charge in [-0.05, 0) is 48.5 Å². The Kier molecular flexibility index (Phi) is 4.72. The highest BCUT2D eigenvalue weighted by atomic mass is 19.1. The van der Waals surface area contributed by atoms with E-state index in [1.165, 1.54) is 6.07 Å². The number of carbonyl (C=O) groups excluding carboxylic acids is 1. The summed E-state index contributed by atoms with van der Waals surface area (Å²) >= 11 is 0. The Labute approximate surface area is 139 Å². The lowest BCUT2D eigenvalue weighted by Gasteiger charge is -2.10. The van der Waals surface area contributed by atoms with Crippen LogP contribution in [0.2, 0.25) is 0 Å². The molecule has 0 aromatic heterocycles. The van der Waals surface area contributed by atoms with E-state index in [-0.39, 0.29) is 11.8 Å². The molecule has 0 aliphatic rings. The van der Waals surface area contributed by atoms with E-state index in [0.717, 1.165) is 5.69 Å². The molecule has 0 fully saturated rings. The highest BCUT2D eigenvalue weighted by Crippen LogP contribution is 2.21. The number of hydrogen-bond acceptors (Lipinski definition) is 2. The van der Waals surface area contributed by atoms with Gasteiger partial charge in [0.1, 0.15) is 5.82 Å². The maximum atomic E-state index is 13.6. The first-order valence-electron chi connectivity index (χ1n) is 7.45. The van der Waals surface area contributed by atoms with Gasteiger partial charge in [-0.15, -0.1) is 0 Å². The number of anilines is 4. The minimum atomic E-state index is -0.323. The van der Waals surface area contributed by atoms with Crippen LogP contribution in [-0.4, -0.2) is 6.03 Å². The molecule has 3 aromatic rings. The van der Waals surface area contributed by atoms with Crippen molar-refractivity contribution in [2.45, 2.75) is 0 Å². The summed E-state index contributed by atoms with van der Waals surface area (Å²) in [5.41, 5.74) is 2.49. The maximum absolute atomic E-state index is 13.6. The topological polar surface area (TPSA) is 53.2 Å². The molecule has 24 heavy (non-hydrogen) atoms. The second kappa shape index (κ2) is 7.28. The van der Waals surface area contributed by atoms with Crippen LogP contribution in [0.1, 0.15) is 0 Å². The number of halogens is 1. The quantitative estimate of drug-likeness (QED) is 0.617. The number of amides is 2. The Morgan fingerprint density at radius 2 is 1.21 bits per heavy atom. The first-order chi connectivity index (χ1) is 11.7. The van der Waals surface area contributed by atoms with Crippen LogP contribution in [-0.2, 0) is 0 Å². The van der Waals surface area contributed by atoms with Crippen LogP contribution < -0.4 is 16.0 Å². The minimum Gasteiger partial charge on any atom is -0.353 e. The molecular formula is C19H16FN3O. The van der Waals surface area contributed by atoms with Gasteiger partial charge in [0.05, 0.1) is 5.69 Å². The van der Waals surface area contributed by atoms with Gasteiger partial charge in [0.25, 0.3) is 0 Å². The molecule has 0 radical (unpaired) electrons. The van der Waals surface area contributed by atoms with E-state index in [1.807, 2.05) is 18.2 Å². The normalized spacial score (nSPS) is 10.0. The lowest BCUT2D eigenvalue weighted by atomic mass is 10.2. The molecule has 0 aliphatic carbocycles. The van der Waals surface area contributed by atoms with Gasteiger partial charge in [-0.1, -0.05) is 30.3 Å². The molecule has 120 valence electrons. The minimum absolute atomic E-state index is 0.318. The molecule has 3 N–H and O–H groups in total. The van der Waals surface area contributed by atoms with Crippen LogP contribution in [0.15, 0.2) is 78.9 Å². The highest BCUT2D eigenvalue weighted by Gasteiger charge is 2.04. The van der Waals surface area contributed by atoms with Gasteiger partial charge in [0.2, 0.25) is 0 Å². The van der Waals surface area contributed by atoms with Crippen molar-refractivity contribution in [2.24, 2.45) is 0 Å². The standard InChI is InChI=1S/C19H16FN3O/c20-17-8-4-5-9-18(17)21-15-10-12-16(13-11-15)23-19(24)22-14-6-2-1-3-7-14/h1-13,21H,(H2,22,23,24). The Hall–Kier alpha value is -3.34. The fourth-order valence-corrected chi connectivity index (χ4v) is 2.17. The Morgan fingerprint density at radius 1 is 0.667 bits per heavy atom. The van der Waals surface area contributed by atoms with Crippen LogP contribution >= 0.6 is 0 Å². The molecule has 4 nitrogen and oxygen atoms in total. The van der Waals surface area contributed by atoms with Crippen molar-refractivity contribution in [3.05, 3.63) is 84.7 Å². The van der Waals surface area contributed by atoms with Crippen molar-refractivity contribution >= 4 is 28.8 Å². The van der Waals surface area contributed by atoms with Crippen LogP contribution in [0.4, 0.5) is 31.9 Å². The second-order valence-corrected chi connectivity index (χ2v) is 5.13. The zero-order chi connectivity index (χ0) is 16.8. The Balaban J connectivity index is 1.60. The average molecular weight is 321 g/mol. The van der Waals surface area contributed by atoms with Crippen molar-refractivity contribution in [3.8, 4) is 0 Å². The number of nitrogens with one attached hydrogen (secondary N) is 3. The van der Waals surface area contributed by atoms with E-state index < -0.39 is 0 Å². The van der Waals surface area contributed by atoms with Gasteiger partial charge in [-0.3, -0.25) is 0 Å². The van der Waals surface area contributed by atoms with E-state index in [1.54, 1.807) is 54.6 Å². The molecule has 0 saturated heterocycles. The summed E-state index contributed by atoms with van der Waals surface area (Å²) in [5.74, 6) is -0.318. The maximum Gasteiger partial charge on any atom is 0.323 e. The molecule has 0 heterocycles. The van der Waals surface area contributed by atoms with Gasteiger partial charge in [0.15, 0.2) is 0 Å². The summed E-state index contributed by atoms with van der Waals surface area (Å²) in [5, 5.41) is 8.47. The van der Waals surface area contributed by atoms with E-state index >= 15 is 0 Å². The number of carbonyl (C=O) groups is 1. The lowest BCUT2D eigenvalue weighted by Crippen LogP contribution is -2.19. The predicted octanol–water partition coefficient (Wildman–Crippen LogP) is 5.21. The Morgan fingerprint density at radius 3 is 1.88 bits per heavy atom. The third kappa shape index (κ3) is 4.10. The van der Waals surface area contributed by atoms with Crippen LogP contribution in [0.5, 0.6) is 0 Å². The van der Waals surface area contributed by atoms with Gasteiger partial charge in [-0.2, -0.15) is 0 Å². The van der Waals surface area contributed by atoms with Crippen molar-refractivity contribution in [1.29, 1.82) is 0 Å². The molecule has 3 rings (SSSR count). The second-order valence-electron chi connectivity index (χ2n) is 5.13. The number of rotatable bonds is 4. The molecule has 2 amide bonds. The molecule has 0 saturated carbocycles. The molecular weight excluding hydrogens is 305 g/mol. The van der Waals surface area contributed by atoms with Crippen molar-refractivity contribution < 1.29 is 9.18 Å². The van der Waals surface area contributed by atoms with Crippen molar-refractivity contribution in [1.82, 2.24) is 0 Å². The lowest BCUT2D eigenvalue weighted by molar-refractivity contribution is 0.262. The number of para-hydroxylation sites is 2. The zero-order valence-corrected chi connectivity index (χ0v) is 12.8. The first kappa shape index (κ1) is 15.6. The number of benzene rings is 3. The van der Waals surface area contributed by atoms with Crippen molar-refractivity contribution in [2.75, 3.05) is 16.0 Å². The fourth-order valence-electron chi connectivity index (χ4n) is 2.17. The molecule has 5 heteroatoms. The summed E-state index contributed by atoms with van der Waals surface area (Å²) in [6, 6.07) is 22.3. The predicted molar refractivity (Wildman–Crippen MR) is 95.2 cm³/mol. The SMILES string of the molecule is O=C(Nc1ccccc1)Nc1ccc(Nc2ccccc2F)cc1. The molecule has 0 bridgehead atoms. The van der Waals surface area contributed by atoms with Crippen LogP contribution in [0.3, 0.4) is 0 Å². The summed E-state index contributed by atoms with van der Waals surface area (Å²) in [6.07, 6.45) is 0. The molecule has 0 unspecified atom stereocenters. The third-order valence-corrected chi connectivity index (χ3v) is 3.33. The number of hydrogen-bond donors (Lipinski definition) is 3. The van der Waals surface area contributed by atoms with Gasteiger partial charge < -0.3 is 16.0 Å². The molecule has 0 spiro atoms. The summed E-state index contributed by atoms with van der Waals surface area (Å²) < 4.78 is 13.6. The monoisotopic (exact) mass is 321 g/mol. The van der Waals surface area contributed by atoms with Gasteiger partial charge in [-0.25, -0.2) is 9.18 Å². The number of urea groups is 1. The summed E-state index contributed by atoms with van der Waals surface area (Å²) in [6.45, 7) is 0. The van der Waals surface area contributed by atoms with E-state index in [4.69, 9.17) is 0 Å². The van der Waals surface area contributed by atoms with Gasteiger partial charge in [0, 0.05) is 17.1 Å². The van der Waals surface area contributed by atoms with Gasteiger partial charge >= 0.3 is 6.03 Å². The van der Waals surface area contributed by atoms with Crippen LogP contribution in [0, 0.1) is 5.82 Å². The smallest absolute Gasteiger partial charge is 0.323 e. The van der Waals surface area contributed by atoms with Crippen molar-refractivity contribution in [3.63, 3.8) is 0 Å². The summed E-state index contributed by atoms with van der Waals surface area (Å²) in [7, 11) is 0. The summed E-state index contributed by atoms with van der Waals surface area (Å²) in [4.78, 5) is 11.9. The first-order valence-corrected chi connectivity index (χ1v) is 7.45. The third-order valence-electron chi connectivity index (χ3n) is 3.33. The zero-order valence-electron chi connectivity index (χ0n) is 12.8. The van der Waals surface area contributed by atoms with E-state index in [0.29, 0.717) is 17.1 Å². The average Bonchev–Trinajstić information content (AvgIpc) is 2.59. The molecule has 0 aliphatic heterocycles. The highest BCUT2D eigenvalue weighted by molar-refractivity contribution is 5.99.